The molecule has 1 aromatic rings. The molecular weight excluding hydrogens is 208 g/mol. The quantitative estimate of drug-likeness (QED) is 0.694. The van der Waals surface area contributed by atoms with Crippen LogP contribution in [-0.4, -0.2) is 6.29 Å². The van der Waals surface area contributed by atoms with Crippen molar-refractivity contribution < 1.29 is 4.79 Å². The van der Waals surface area contributed by atoms with Crippen molar-refractivity contribution in [3.05, 3.63) is 35.4 Å². The third-order valence-corrected chi connectivity index (χ3v) is 4.65. The van der Waals surface area contributed by atoms with Gasteiger partial charge in [0.05, 0.1) is 0 Å². The molecule has 2 fully saturated rings. The molecule has 2 saturated carbocycles. The van der Waals surface area contributed by atoms with Crippen molar-refractivity contribution in [2.45, 2.75) is 44.4 Å². The molecule has 0 aromatic heterocycles. The minimum Gasteiger partial charge on any atom is -0.298 e. The molecule has 0 amide bonds. The second-order valence-corrected chi connectivity index (χ2v) is 5.85. The van der Waals surface area contributed by atoms with Crippen LogP contribution in [0.1, 0.15) is 60.4 Å². The standard InChI is InChI=1S/C16H20O/c17-11-14-5-2-6-15(10-14)16-8-12-3-1-4-13(7-12)9-16/h2,5-6,10-13,16H,1,3-4,7-9H2. The Kier molecular flexibility index (Phi) is 3.00. The average Bonchev–Trinajstić information content (AvgIpc) is 2.38. The zero-order valence-corrected chi connectivity index (χ0v) is 10.3. The average molecular weight is 228 g/mol. The second-order valence-electron chi connectivity index (χ2n) is 5.85. The van der Waals surface area contributed by atoms with Gasteiger partial charge in [0.25, 0.3) is 0 Å². The van der Waals surface area contributed by atoms with E-state index in [1.54, 1.807) is 0 Å². The van der Waals surface area contributed by atoms with Crippen molar-refractivity contribution in [1.82, 2.24) is 0 Å². The van der Waals surface area contributed by atoms with E-state index >= 15 is 0 Å². The van der Waals surface area contributed by atoms with Gasteiger partial charge in [0, 0.05) is 5.56 Å². The molecular formula is C16H20O. The molecule has 3 rings (SSSR count). The molecule has 2 bridgehead atoms. The summed E-state index contributed by atoms with van der Waals surface area (Å²) in [5.74, 6) is 2.61. The van der Waals surface area contributed by atoms with Crippen LogP contribution in [-0.2, 0) is 0 Å². The Hall–Kier alpha value is -1.11. The number of aldehydes is 1. The van der Waals surface area contributed by atoms with Gasteiger partial charge in [-0.05, 0) is 48.6 Å². The Labute approximate surface area is 103 Å². The lowest BCUT2D eigenvalue weighted by Crippen LogP contribution is -2.25. The van der Waals surface area contributed by atoms with Crippen molar-refractivity contribution in [3.63, 3.8) is 0 Å². The number of benzene rings is 1. The highest BCUT2D eigenvalue weighted by Gasteiger charge is 2.32. The van der Waals surface area contributed by atoms with E-state index < -0.39 is 0 Å². The predicted octanol–water partition coefficient (Wildman–Crippen LogP) is 4.18. The molecule has 0 heterocycles. The molecule has 90 valence electrons. The second kappa shape index (κ2) is 4.64. The van der Waals surface area contributed by atoms with Crippen LogP contribution in [0.2, 0.25) is 0 Å². The first-order valence-corrected chi connectivity index (χ1v) is 6.90. The Bertz CT molecular complexity index is 398. The van der Waals surface area contributed by atoms with Gasteiger partial charge in [0.1, 0.15) is 6.29 Å². The van der Waals surface area contributed by atoms with Crippen LogP contribution >= 0.6 is 0 Å². The smallest absolute Gasteiger partial charge is 0.150 e. The molecule has 0 aliphatic heterocycles. The van der Waals surface area contributed by atoms with Gasteiger partial charge < -0.3 is 0 Å². The summed E-state index contributed by atoms with van der Waals surface area (Å²) in [6.45, 7) is 0. The number of carbonyl (C=O) groups is 1. The first-order valence-electron chi connectivity index (χ1n) is 6.90. The fourth-order valence-corrected chi connectivity index (χ4v) is 3.89. The summed E-state index contributed by atoms with van der Waals surface area (Å²) in [6.07, 6.45) is 9.42. The van der Waals surface area contributed by atoms with E-state index in [1.807, 2.05) is 12.1 Å². The zero-order valence-electron chi connectivity index (χ0n) is 10.3. The maximum absolute atomic E-state index is 10.8. The maximum atomic E-state index is 10.8. The van der Waals surface area contributed by atoms with Gasteiger partial charge in [0.2, 0.25) is 0 Å². The van der Waals surface area contributed by atoms with E-state index in [9.17, 15) is 4.79 Å². The Balaban J connectivity index is 1.81. The minimum absolute atomic E-state index is 0.707. The van der Waals surface area contributed by atoms with Gasteiger partial charge in [-0.25, -0.2) is 0 Å². The van der Waals surface area contributed by atoms with E-state index in [-0.39, 0.29) is 0 Å². The number of hydrogen-bond acceptors (Lipinski definition) is 1. The van der Waals surface area contributed by atoms with Gasteiger partial charge in [-0.1, -0.05) is 37.5 Å². The van der Waals surface area contributed by atoms with Crippen molar-refractivity contribution in [2.24, 2.45) is 11.8 Å². The highest BCUT2D eigenvalue weighted by Crippen LogP contribution is 2.46. The third-order valence-electron chi connectivity index (χ3n) is 4.65. The van der Waals surface area contributed by atoms with E-state index in [0.29, 0.717) is 5.92 Å². The van der Waals surface area contributed by atoms with E-state index in [4.69, 9.17) is 0 Å². The number of fused-ring (bicyclic) bond motifs is 2. The van der Waals surface area contributed by atoms with Crippen molar-refractivity contribution in [1.29, 1.82) is 0 Å². The fourth-order valence-electron chi connectivity index (χ4n) is 3.89. The summed E-state index contributed by atoms with van der Waals surface area (Å²) in [4.78, 5) is 10.8. The highest BCUT2D eigenvalue weighted by molar-refractivity contribution is 5.75. The first-order chi connectivity index (χ1) is 8.35. The van der Waals surface area contributed by atoms with Crippen LogP contribution in [0.5, 0.6) is 0 Å². The fraction of sp³-hybridized carbons (Fsp3) is 0.562. The third kappa shape index (κ3) is 2.29. The van der Waals surface area contributed by atoms with E-state index in [2.05, 4.69) is 12.1 Å². The first kappa shape index (κ1) is 11.0. The summed E-state index contributed by atoms with van der Waals surface area (Å²) in [7, 11) is 0. The molecule has 0 radical (unpaired) electrons. The topological polar surface area (TPSA) is 17.1 Å². The number of rotatable bonds is 2. The van der Waals surface area contributed by atoms with Crippen LogP contribution in [0.25, 0.3) is 0 Å². The molecule has 2 aliphatic carbocycles. The molecule has 17 heavy (non-hydrogen) atoms. The van der Waals surface area contributed by atoms with Crippen LogP contribution in [0.4, 0.5) is 0 Å². The SMILES string of the molecule is O=Cc1cccc(C2CC3CCCC(C3)C2)c1. The van der Waals surface area contributed by atoms with Crippen molar-refractivity contribution >= 4 is 6.29 Å². The Morgan fingerprint density at radius 1 is 1.06 bits per heavy atom. The molecule has 0 spiro atoms. The van der Waals surface area contributed by atoms with Gasteiger partial charge in [0.15, 0.2) is 0 Å². The van der Waals surface area contributed by atoms with Crippen LogP contribution in [0.15, 0.2) is 24.3 Å². The Morgan fingerprint density at radius 3 is 2.53 bits per heavy atom. The van der Waals surface area contributed by atoms with Crippen LogP contribution in [0, 0.1) is 11.8 Å². The van der Waals surface area contributed by atoms with Crippen molar-refractivity contribution in [3.8, 4) is 0 Å². The number of hydrogen-bond donors (Lipinski definition) is 0. The minimum atomic E-state index is 0.707. The molecule has 1 aromatic carbocycles. The Morgan fingerprint density at radius 2 is 1.82 bits per heavy atom. The lowest BCUT2D eigenvalue weighted by molar-refractivity contribution is 0.112. The van der Waals surface area contributed by atoms with Crippen LogP contribution in [0.3, 0.4) is 0 Å². The predicted molar refractivity (Wildman–Crippen MR) is 69.3 cm³/mol. The van der Waals surface area contributed by atoms with Gasteiger partial charge >= 0.3 is 0 Å². The van der Waals surface area contributed by atoms with Gasteiger partial charge in [-0.15, -0.1) is 0 Å². The zero-order chi connectivity index (χ0) is 11.7. The normalized spacial score (nSPS) is 32.1. The molecule has 2 atom stereocenters. The molecule has 2 unspecified atom stereocenters. The monoisotopic (exact) mass is 228 g/mol. The van der Waals surface area contributed by atoms with Crippen molar-refractivity contribution in [2.75, 3.05) is 0 Å². The summed E-state index contributed by atoms with van der Waals surface area (Å²) in [5, 5.41) is 0. The summed E-state index contributed by atoms with van der Waals surface area (Å²) in [6, 6.07) is 8.24. The summed E-state index contributed by atoms with van der Waals surface area (Å²) >= 11 is 0. The largest absolute Gasteiger partial charge is 0.298 e. The molecule has 2 aliphatic rings. The van der Waals surface area contributed by atoms with Gasteiger partial charge in [-0.3, -0.25) is 4.79 Å². The van der Waals surface area contributed by atoms with E-state index in [1.165, 1.54) is 44.1 Å². The molecule has 0 saturated heterocycles. The summed E-state index contributed by atoms with van der Waals surface area (Å²) in [5.41, 5.74) is 2.23. The van der Waals surface area contributed by atoms with E-state index in [0.717, 1.165) is 23.7 Å². The molecule has 1 nitrogen and oxygen atoms in total. The number of carbonyl (C=O) groups excluding carboxylic acids is 1. The lowest BCUT2D eigenvalue weighted by atomic mass is 9.66. The maximum Gasteiger partial charge on any atom is 0.150 e. The van der Waals surface area contributed by atoms with Gasteiger partial charge in [-0.2, -0.15) is 0 Å². The molecule has 1 heteroatoms. The molecule has 0 N–H and O–H groups in total. The van der Waals surface area contributed by atoms with Crippen LogP contribution < -0.4 is 0 Å². The highest BCUT2D eigenvalue weighted by atomic mass is 16.1. The summed E-state index contributed by atoms with van der Waals surface area (Å²) < 4.78 is 0. The lowest BCUT2D eigenvalue weighted by Gasteiger charge is -2.39.